The van der Waals surface area contributed by atoms with E-state index in [1.165, 1.54) is 0 Å². The van der Waals surface area contributed by atoms with E-state index in [4.69, 9.17) is 10.0 Å². The summed E-state index contributed by atoms with van der Waals surface area (Å²) in [7, 11) is 3.85. The van der Waals surface area contributed by atoms with E-state index in [0.29, 0.717) is 0 Å². The first-order valence-electron chi connectivity index (χ1n) is 3.86. The molecule has 0 aromatic carbocycles. The molecule has 0 unspecified atom stereocenters. The third kappa shape index (κ3) is 4.12. The maximum atomic E-state index is 6.06. The van der Waals surface area contributed by atoms with Gasteiger partial charge in [0.1, 0.15) is 0 Å². The first-order valence-corrected chi connectivity index (χ1v) is 14.4. The fourth-order valence-electron chi connectivity index (χ4n) is 1.26. The number of hydrogen-bond donors (Lipinski definition) is 0. The first kappa shape index (κ1) is 12.2. The van der Waals surface area contributed by atoms with Crippen LogP contribution in [0.4, 0.5) is 0 Å². The van der Waals surface area contributed by atoms with E-state index in [-0.39, 0.29) is 14.7 Å². The van der Waals surface area contributed by atoms with Crippen molar-refractivity contribution in [2.45, 2.75) is 39.3 Å². The minimum atomic E-state index is -1.10. The van der Waals surface area contributed by atoms with Gasteiger partial charge in [0.05, 0.1) is 0 Å². The predicted molar refractivity (Wildman–Crippen MR) is 60.1 cm³/mol. The van der Waals surface area contributed by atoms with E-state index < -0.39 is 16.5 Å². The van der Waals surface area contributed by atoms with Crippen LogP contribution in [0.5, 0.6) is 0 Å². The molecule has 0 saturated carbocycles. The molecule has 0 spiro atoms. The van der Waals surface area contributed by atoms with Gasteiger partial charge >= 0.3 is 83.7 Å². The van der Waals surface area contributed by atoms with Gasteiger partial charge in [0.2, 0.25) is 0 Å². The molecule has 0 N–H and O–H groups in total. The standard InChI is InChI=1S/C6H18ClGeNSi2/c1-10(2,3)9(8-7)11(4,5)6/h1-6H3. The van der Waals surface area contributed by atoms with Crippen molar-refractivity contribution in [3.63, 3.8) is 0 Å². The van der Waals surface area contributed by atoms with E-state index in [0.717, 1.165) is 0 Å². The molecule has 2 radical (unpaired) electrons. The van der Waals surface area contributed by atoms with Crippen LogP contribution in [0.25, 0.3) is 0 Å². The molecule has 0 bridgehead atoms. The molecular formula is C6H18ClGeNSi2. The molecule has 0 aliphatic carbocycles. The topological polar surface area (TPSA) is 3.24 Å². The summed E-state index contributed by atoms with van der Waals surface area (Å²) >= 11 is -0.335. The number of rotatable bonds is 3. The molecule has 1 nitrogen and oxygen atoms in total. The zero-order valence-electron chi connectivity index (χ0n) is 8.33. The van der Waals surface area contributed by atoms with E-state index in [2.05, 4.69) is 42.5 Å². The monoisotopic (exact) mass is 269 g/mol. The third-order valence-corrected chi connectivity index (χ3v) is 20.4. The summed E-state index contributed by atoms with van der Waals surface area (Å²) in [6.45, 7) is 14.3. The summed E-state index contributed by atoms with van der Waals surface area (Å²) in [6.07, 6.45) is 0. The average Bonchev–Trinajstić information content (AvgIpc) is 1.56. The molecular weight excluding hydrogens is 250 g/mol. The van der Waals surface area contributed by atoms with Crippen molar-refractivity contribution in [3.8, 4) is 0 Å². The van der Waals surface area contributed by atoms with Gasteiger partial charge in [0.15, 0.2) is 0 Å². The van der Waals surface area contributed by atoms with Crippen molar-refractivity contribution in [2.24, 2.45) is 0 Å². The minimum absolute atomic E-state index is 0.335. The van der Waals surface area contributed by atoms with Gasteiger partial charge in [0.25, 0.3) is 0 Å². The molecule has 0 atom stereocenters. The molecule has 0 fully saturated rings. The zero-order chi connectivity index (χ0) is 9.28. The molecule has 11 heavy (non-hydrogen) atoms. The maximum absolute atomic E-state index is 6.06. The van der Waals surface area contributed by atoms with Gasteiger partial charge in [-0.15, -0.1) is 0 Å². The van der Waals surface area contributed by atoms with Crippen LogP contribution in [0.3, 0.4) is 0 Å². The Balaban J connectivity index is 4.43. The van der Waals surface area contributed by atoms with E-state index in [9.17, 15) is 0 Å². The Morgan fingerprint density at radius 2 is 1.18 bits per heavy atom. The van der Waals surface area contributed by atoms with Crippen LogP contribution < -0.4 is 0 Å². The van der Waals surface area contributed by atoms with Gasteiger partial charge in [-0.25, -0.2) is 0 Å². The van der Waals surface area contributed by atoms with Crippen LogP contribution >= 0.6 is 10.0 Å². The Bertz CT molecular complexity index is 116. The van der Waals surface area contributed by atoms with Crippen molar-refractivity contribution < 1.29 is 0 Å². The SMILES string of the molecule is C[Si](C)(C)[N]([Ge][Cl])[Si](C)(C)C. The van der Waals surface area contributed by atoms with Gasteiger partial charge in [-0.3, -0.25) is 0 Å². The van der Waals surface area contributed by atoms with Gasteiger partial charge < -0.3 is 0 Å². The molecule has 0 aliphatic rings. The Hall–Kier alpha value is 1.23. The van der Waals surface area contributed by atoms with E-state index in [1.54, 1.807) is 0 Å². The van der Waals surface area contributed by atoms with Crippen molar-refractivity contribution in [1.29, 1.82) is 0 Å². The van der Waals surface area contributed by atoms with Crippen molar-refractivity contribution in [1.82, 2.24) is 3.19 Å². The third-order valence-electron chi connectivity index (χ3n) is 1.43. The molecule has 0 amide bonds. The molecule has 0 aromatic rings. The van der Waals surface area contributed by atoms with Crippen LogP contribution in [0.2, 0.25) is 39.3 Å². The van der Waals surface area contributed by atoms with Gasteiger partial charge in [-0.2, -0.15) is 0 Å². The normalized spacial score (nSPS) is 14.2. The zero-order valence-corrected chi connectivity index (χ0v) is 13.2. The molecule has 0 aliphatic heterocycles. The predicted octanol–water partition coefficient (Wildman–Crippen LogP) is 2.73. The van der Waals surface area contributed by atoms with Gasteiger partial charge in [-0.1, -0.05) is 0 Å². The number of hydrogen-bond acceptors (Lipinski definition) is 1. The van der Waals surface area contributed by atoms with Crippen LogP contribution in [0.15, 0.2) is 0 Å². The summed E-state index contributed by atoms with van der Waals surface area (Å²) in [5.41, 5.74) is 0. The van der Waals surface area contributed by atoms with E-state index in [1.807, 2.05) is 0 Å². The first-order chi connectivity index (χ1) is 4.69. The van der Waals surface area contributed by atoms with Crippen LogP contribution in [-0.2, 0) is 0 Å². The Morgan fingerprint density at radius 3 is 1.18 bits per heavy atom. The Kier molecular flexibility index (Phi) is 4.40. The molecule has 0 rings (SSSR count). The molecule has 0 saturated heterocycles. The second-order valence-corrected chi connectivity index (χ2v) is 18.8. The fourth-order valence-corrected chi connectivity index (χ4v) is 20.9. The summed E-state index contributed by atoms with van der Waals surface area (Å²) in [5, 5.41) is 0. The fraction of sp³-hybridized carbons (Fsp3) is 1.00. The summed E-state index contributed by atoms with van der Waals surface area (Å²) in [4.78, 5) is 0. The summed E-state index contributed by atoms with van der Waals surface area (Å²) < 4.78 is 2.67. The van der Waals surface area contributed by atoms with Crippen molar-refractivity contribution >= 4 is 41.2 Å². The van der Waals surface area contributed by atoms with E-state index >= 15 is 0 Å². The number of nitrogens with zero attached hydrogens (tertiary/aromatic N) is 1. The Morgan fingerprint density at radius 1 is 0.909 bits per heavy atom. The van der Waals surface area contributed by atoms with Crippen LogP contribution in [0, 0.1) is 0 Å². The summed E-state index contributed by atoms with van der Waals surface area (Å²) in [6, 6.07) is 0. The molecule has 66 valence electrons. The Labute approximate surface area is 83.6 Å². The van der Waals surface area contributed by atoms with Gasteiger partial charge in [-0.05, 0) is 0 Å². The second kappa shape index (κ2) is 3.96. The second-order valence-electron chi connectivity index (χ2n) is 4.76. The number of halogens is 1. The van der Waals surface area contributed by atoms with Crippen LogP contribution in [-0.4, -0.2) is 34.4 Å². The quantitative estimate of drug-likeness (QED) is 0.712. The summed E-state index contributed by atoms with van der Waals surface area (Å²) in [5.74, 6) is 0. The average molecular weight is 268 g/mol. The molecule has 5 heteroatoms. The van der Waals surface area contributed by atoms with Crippen LogP contribution in [0.1, 0.15) is 0 Å². The van der Waals surface area contributed by atoms with Gasteiger partial charge in [0, 0.05) is 0 Å². The molecule has 0 heterocycles. The van der Waals surface area contributed by atoms with Crippen molar-refractivity contribution in [2.75, 3.05) is 0 Å². The molecule has 0 aromatic heterocycles. The van der Waals surface area contributed by atoms with Crippen molar-refractivity contribution in [3.05, 3.63) is 0 Å².